The Balaban J connectivity index is 2.92. The van der Waals surface area contributed by atoms with E-state index in [2.05, 4.69) is 33.5 Å². The lowest BCUT2D eigenvalue weighted by Crippen LogP contribution is -2.47. The van der Waals surface area contributed by atoms with Crippen LogP contribution in [-0.4, -0.2) is 18.8 Å². The third-order valence-electron chi connectivity index (χ3n) is 4.25. The minimum atomic E-state index is -1.20. The van der Waals surface area contributed by atoms with Gasteiger partial charge in [-0.25, -0.2) is 0 Å². The van der Waals surface area contributed by atoms with Crippen molar-refractivity contribution in [2.24, 2.45) is 0 Å². The van der Waals surface area contributed by atoms with E-state index >= 15 is 0 Å². The lowest BCUT2D eigenvalue weighted by molar-refractivity contribution is 0.0136. The summed E-state index contributed by atoms with van der Waals surface area (Å²) in [6.45, 7) is 11.5. The molecule has 0 radical (unpaired) electrons. The van der Waals surface area contributed by atoms with Gasteiger partial charge in [-0.3, -0.25) is 0 Å². The zero-order chi connectivity index (χ0) is 10.3. The number of aliphatic hydroxyl groups is 1. The summed E-state index contributed by atoms with van der Waals surface area (Å²) >= 11 is 0. The van der Waals surface area contributed by atoms with Crippen LogP contribution in [0, 0.1) is 0 Å². The lowest BCUT2D eigenvalue weighted by Gasteiger charge is -2.43. The molecule has 0 aliphatic heterocycles. The second-order valence-corrected chi connectivity index (χ2v) is 11.0. The molecule has 1 N–H and O–H groups in total. The van der Waals surface area contributed by atoms with Gasteiger partial charge < -0.3 is 5.11 Å². The molecule has 1 aliphatic rings. The average Bonchev–Trinajstić information content (AvgIpc) is 2.81. The van der Waals surface area contributed by atoms with Gasteiger partial charge in [-0.05, 0) is 30.7 Å². The van der Waals surface area contributed by atoms with Crippen LogP contribution in [0.3, 0.4) is 0 Å². The highest BCUT2D eigenvalue weighted by Crippen LogP contribution is 2.69. The van der Waals surface area contributed by atoms with E-state index in [1.54, 1.807) is 0 Å². The quantitative estimate of drug-likeness (QED) is 0.690. The molecule has 0 aromatic carbocycles. The summed E-state index contributed by atoms with van der Waals surface area (Å²) in [7, 11) is -1.20. The lowest BCUT2D eigenvalue weighted by atomic mass is 9.91. The topological polar surface area (TPSA) is 20.2 Å². The molecule has 0 bridgehead atoms. The molecule has 1 rings (SSSR count). The molecule has 0 heterocycles. The molecular formula is C11H24OSi. The fourth-order valence-electron chi connectivity index (χ4n) is 2.97. The van der Waals surface area contributed by atoms with E-state index < -0.39 is 8.07 Å². The van der Waals surface area contributed by atoms with E-state index in [0.29, 0.717) is 5.04 Å². The smallest absolute Gasteiger partial charge is 0.0674 e. The summed E-state index contributed by atoms with van der Waals surface area (Å²) in [6, 6.07) is 0. The van der Waals surface area contributed by atoms with Crippen molar-refractivity contribution in [1.29, 1.82) is 0 Å². The van der Waals surface area contributed by atoms with Crippen LogP contribution in [0.15, 0.2) is 0 Å². The van der Waals surface area contributed by atoms with Crippen molar-refractivity contribution in [3.8, 4) is 0 Å². The molecule has 0 saturated heterocycles. The van der Waals surface area contributed by atoms with E-state index in [4.69, 9.17) is 0 Å². The Labute approximate surface area is 83.6 Å². The third-order valence-corrected chi connectivity index (χ3v) is 8.08. The Morgan fingerprint density at radius 3 is 1.62 bits per heavy atom. The minimum absolute atomic E-state index is 0.337. The molecule has 1 nitrogen and oxygen atoms in total. The highest BCUT2D eigenvalue weighted by Gasteiger charge is 2.63. The molecule has 1 aliphatic carbocycles. The molecule has 0 aromatic heterocycles. The van der Waals surface area contributed by atoms with Crippen molar-refractivity contribution in [3.05, 3.63) is 0 Å². The van der Waals surface area contributed by atoms with Gasteiger partial charge in [-0.15, -0.1) is 0 Å². The maximum Gasteiger partial charge on any atom is 0.0674 e. The van der Waals surface area contributed by atoms with Crippen molar-refractivity contribution in [2.45, 2.75) is 69.8 Å². The summed E-state index contributed by atoms with van der Waals surface area (Å²) in [5, 5.41) is 10.9. The Morgan fingerprint density at radius 2 is 1.54 bits per heavy atom. The number of hydrogen-bond acceptors (Lipinski definition) is 1. The second-order valence-electron chi connectivity index (χ2n) is 5.57. The maximum atomic E-state index is 10.6. The molecule has 0 atom stereocenters. The fraction of sp³-hybridized carbons (Fsp3) is 1.00. The van der Waals surface area contributed by atoms with Gasteiger partial charge in [0.1, 0.15) is 0 Å². The molecule has 0 aromatic rings. The first-order valence-corrected chi connectivity index (χ1v) is 9.05. The van der Waals surface area contributed by atoms with E-state index in [-0.39, 0.29) is 5.60 Å². The predicted molar refractivity (Wildman–Crippen MR) is 60.8 cm³/mol. The summed E-state index contributed by atoms with van der Waals surface area (Å²) in [6.07, 6.45) is 4.38. The fourth-order valence-corrected chi connectivity index (χ4v) is 6.34. The number of rotatable bonds is 4. The van der Waals surface area contributed by atoms with Gasteiger partial charge in [0.05, 0.1) is 13.7 Å². The first-order valence-electron chi connectivity index (χ1n) is 5.55. The molecule has 0 amide bonds. The monoisotopic (exact) mass is 200 g/mol. The van der Waals surface area contributed by atoms with Crippen LogP contribution in [0.1, 0.15) is 39.5 Å². The van der Waals surface area contributed by atoms with Crippen molar-refractivity contribution in [2.75, 3.05) is 0 Å². The van der Waals surface area contributed by atoms with Gasteiger partial charge in [-0.2, -0.15) is 0 Å². The molecule has 1 fully saturated rings. The van der Waals surface area contributed by atoms with Crippen LogP contribution in [0.25, 0.3) is 0 Å². The third kappa shape index (κ3) is 1.48. The van der Waals surface area contributed by atoms with E-state index in [0.717, 1.165) is 12.8 Å². The standard InChI is InChI=1S/C11H24OSi/c1-6-10(12,7-2)11(8-9-11)13(3,4)5/h12H,6-9H2,1-5H3. The molecule has 78 valence electrons. The van der Waals surface area contributed by atoms with Gasteiger partial charge in [0.2, 0.25) is 0 Å². The molecule has 13 heavy (non-hydrogen) atoms. The van der Waals surface area contributed by atoms with Gasteiger partial charge in [-0.1, -0.05) is 33.5 Å². The minimum Gasteiger partial charge on any atom is -0.390 e. The zero-order valence-electron chi connectivity index (χ0n) is 9.78. The van der Waals surface area contributed by atoms with E-state index in [1.165, 1.54) is 12.8 Å². The maximum absolute atomic E-state index is 10.6. The molecule has 1 saturated carbocycles. The second kappa shape index (κ2) is 3.09. The molecular weight excluding hydrogens is 176 g/mol. The van der Waals surface area contributed by atoms with Gasteiger partial charge in [0.15, 0.2) is 0 Å². The Hall–Kier alpha value is 0.177. The van der Waals surface area contributed by atoms with Crippen LogP contribution in [0.4, 0.5) is 0 Å². The normalized spacial score (nSPS) is 21.7. The highest BCUT2D eigenvalue weighted by molar-refractivity contribution is 6.80. The summed E-state index contributed by atoms with van der Waals surface area (Å²) in [5.74, 6) is 0. The van der Waals surface area contributed by atoms with Crippen LogP contribution in [0.5, 0.6) is 0 Å². The first-order chi connectivity index (χ1) is 5.83. The van der Waals surface area contributed by atoms with Crippen LogP contribution in [-0.2, 0) is 0 Å². The van der Waals surface area contributed by atoms with E-state index in [1.807, 2.05) is 0 Å². The van der Waals surface area contributed by atoms with Crippen molar-refractivity contribution < 1.29 is 5.11 Å². The zero-order valence-corrected chi connectivity index (χ0v) is 10.8. The Morgan fingerprint density at radius 1 is 1.15 bits per heavy atom. The van der Waals surface area contributed by atoms with Gasteiger partial charge in [0, 0.05) is 0 Å². The molecule has 0 spiro atoms. The van der Waals surface area contributed by atoms with Crippen LogP contribution < -0.4 is 0 Å². The van der Waals surface area contributed by atoms with E-state index in [9.17, 15) is 5.11 Å². The summed E-state index contributed by atoms with van der Waals surface area (Å²) in [4.78, 5) is 0. The largest absolute Gasteiger partial charge is 0.390 e. The van der Waals surface area contributed by atoms with Crippen LogP contribution >= 0.6 is 0 Å². The molecule has 2 heteroatoms. The first kappa shape index (κ1) is 11.3. The summed E-state index contributed by atoms with van der Waals surface area (Å²) < 4.78 is 0. The van der Waals surface area contributed by atoms with Crippen molar-refractivity contribution >= 4 is 8.07 Å². The number of hydrogen-bond donors (Lipinski definition) is 1. The van der Waals surface area contributed by atoms with Gasteiger partial charge in [0.25, 0.3) is 0 Å². The Kier molecular flexibility index (Phi) is 2.68. The SMILES string of the molecule is CCC(O)(CC)C1([Si](C)(C)C)CC1. The van der Waals surface area contributed by atoms with Crippen molar-refractivity contribution in [3.63, 3.8) is 0 Å². The summed E-state index contributed by atoms with van der Waals surface area (Å²) in [5.41, 5.74) is -0.364. The van der Waals surface area contributed by atoms with Crippen molar-refractivity contribution in [1.82, 2.24) is 0 Å². The van der Waals surface area contributed by atoms with Crippen LogP contribution in [0.2, 0.25) is 24.7 Å². The molecule has 0 unspecified atom stereocenters. The van der Waals surface area contributed by atoms with Gasteiger partial charge >= 0.3 is 0 Å². The average molecular weight is 200 g/mol. The highest BCUT2D eigenvalue weighted by atomic mass is 28.3. The predicted octanol–water partition coefficient (Wildman–Crippen LogP) is 3.41. The Bertz CT molecular complexity index is 185.